The van der Waals surface area contributed by atoms with Gasteiger partial charge in [-0.2, -0.15) is 0 Å². The number of rotatable bonds is 15. The predicted octanol–water partition coefficient (Wildman–Crippen LogP) is 1.96. The van der Waals surface area contributed by atoms with Gasteiger partial charge in [0, 0.05) is 13.2 Å². The van der Waals surface area contributed by atoms with Gasteiger partial charge in [0.05, 0.1) is 11.8 Å². The third-order valence-electron chi connectivity index (χ3n) is 4.00. The lowest BCUT2D eigenvalue weighted by Crippen LogP contribution is -2.57. The van der Waals surface area contributed by atoms with Gasteiger partial charge in [-0.05, 0) is 87.7 Å². The fourth-order valence-electron chi connectivity index (χ4n) is 2.84. The minimum absolute atomic E-state index is 0.262. The van der Waals surface area contributed by atoms with Crippen LogP contribution in [0.2, 0.25) is 0 Å². The number of nitrogens with two attached hydrogens (primary N) is 1. The standard InChI is InChI=1S/C17H41N3O3Si/c1-8-21-24(16-18,22-9-2)23-17(3,12-10-14-19(4)5)13-11-15-20(6)7/h8-16,18H2,1-7H3. The van der Waals surface area contributed by atoms with E-state index in [-0.39, 0.29) is 5.60 Å². The molecule has 0 unspecified atom stereocenters. The van der Waals surface area contributed by atoms with Crippen LogP contribution < -0.4 is 5.73 Å². The highest BCUT2D eigenvalue weighted by Gasteiger charge is 2.45. The van der Waals surface area contributed by atoms with Gasteiger partial charge in [0.25, 0.3) is 0 Å². The van der Waals surface area contributed by atoms with Gasteiger partial charge in [0.15, 0.2) is 0 Å². The molecule has 0 aliphatic heterocycles. The van der Waals surface area contributed by atoms with E-state index in [9.17, 15) is 0 Å². The summed E-state index contributed by atoms with van der Waals surface area (Å²) in [7, 11) is 5.59. The van der Waals surface area contributed by atoms with Gasteiger partial charge < -0.3 is 28.8 Å². The van der Waals surface area contributed by atoms with Crippen LogP contribution >= 0.6 is 0 Å². The van der Waals surface area contributed by atoms with Crippen LogP contribution in [-0.4, -0.2) is 84.9 Å². The van der Waals surface area contributed by atoms with Gasteiger partial charge in [0.2, 0.25) is 0 Å². The van der Waals surface area contributed by atoms with Gasteiger partial charge in [0.1, 0.15) is 0 Å². The molecular weight excluding hydrogens is 322 g/mol. The summed E-state index contributed by atoms with van der Waals surface area (Å²) in [4.78, 5) is 4.41. The van der Waals surface area contributed by atoms with E-state index in [1.54, 1.807) is 0 Å². The van der Waals surface area contributed by atoms with E-state index in [4.69, 9.17) is 19.0 Å². The zero-order chi connectivity index (χ0) is 18.6. The lowest BCUT2D eigenvalue weighted by molar-refractivity contribution is -0.0316. The molecule has 2 N–H and O–H groups in total. The van der Waals surface area contributed by atoms with Crippen molar-refractivity contribution in [2.24, 2.45) is 5.73 Å². The number of hydrogen-bond acceptors (Lipinski definition) is 6. The van der Waals surface area contributed by atoms with E-state index in [1.807, 2.05) is 13.8 Å². The Morgan fingerprint density at radius 2 is 1.29 bits per heavy atom. The summed E-state index contributed by atoms with van der Waals surface area (Å²) in [6.07, 6.45) is 4.45. The molecule has 0 fully saturated rings. The van der Waals surface area contributed by atoms with Crippen LogP contribution in [0.3, 0.4) is 0 Å². The SMILES string of the molecule is CCO[Si](CN)(OCC)OC(C)(CCCN(C)C)CCCN(C)C. The van der Waals surface area contributed by atoms with E-state index < -0.39 is 8.80 Å². The largest absolute Gasteiger partial charge is 0.515 e. The molecule has 0 saturated carbocycles. The smallest absolute Gasteiger partial charge is 0.373 e. The van der Waals surface area contributed by atoms with E-state index in [0.717, 1.165) is 38.8 Å². The van der Waals surface area contributed by atoms with Gasteiger partial charge in [-0.15, -0.1) is 0 Å². The lowest BCUT2D eigenvalue weighted by atomic mass is 9.94. The molecule has 7 heteroatoms. The topological polar surface area (TPSA) is 60.2 Å². The molecule has 6 nitrogen and oxygen atoms in total. The number of nitrogens with zero attached hydrogens (tertiary/aromatic N) is 2. The zero-order valence-corrected chi connectivity index (χ0v) is 18.1. The molecule has 0 aromatic rings. The zero-order valence-electron chi connectivity index (χ0n) is 17.1. The van der Waals surface area contributed by atoms with E-state index in [0.29, 0.717) is 19.4 Å². The molecule has 0 aliphatic rings. The fraction of sp³-hybridized carbons (Fsp3) is 1.00. The Hall–Kier alpha value is -0.0231. The molecule has 0 rings (SSSR count). The monoisotopic (exact) mass is 363 g/mol. The second kappa shape index (κ2) is 12.3. The Morgan fingerprint density at radius 3 is 1.58 bits per heavy atom. The second-order valence-corrected chi connectivity index (χ2v) is 9.67. The maximum atomic E-state index is 6.55. The molecule has 0 saturated heterocycles. The first-order chi connectivity index (χ1) is 11.2. The first-order valence-corrected chi connectivity index (χ1v) is 11.1. The van der Waals surface area contributed by atoms with Crippen LogP contribution in [0.5, 0.6) is 0 Å². The maximum Gasteiger partial charge on any atom is 0.515 e. The van der Waals surface area contributed by atoms with Crippen molar-refractivity contribution in [1.82, 2.24) is 9.80 Å². The van der Waals surface area contributed by atoms with Gasteiger partial charge in [-0.25, -0.2) is 0 Å². The average Bonchev–Trinajstić information content (AvgIpc) is 2.46. The Kier molecular flexibility index (Phi) is 12.3. The molecule has 24 heavy (non-hydrogen) atoms. The van der Waals surface area contributed by atoms with Crippen molar-refractivity contribution in [2.75, 3.05) is 60.7 Å². The molecule has 0 bridgehead atoms. The summed E-state index contributed by atoms with van der Waals surface area (Å²) in [6, 6.07) is 0. The van der Waals surface area contributed by atoms with E-state index in [2.05, 4.69) is 44.9 Å². The summed E-state index contributed by atoms with van der Waals surface area (Å²) in [5, 5.41) is 0. The summed E-state index contributed by atoms with van der Waals surface area (Å²) in [5.74, 6) is 0. The molecule has 0 aliphatic carbocycles. The van der Waals surface area contributed by atoms with Crippen molar-refractivity contribution in [3.63, 3.8) is 0 Å². The Balaban J connectivity index is 5.02. The van der Waals surface area contributed by atoms with E-state index in [1.165, 1.54) is 0 Å². The predicted molar refractivity (Wildman–Crippen MR) is 103 cm³/mol. The average molecular weight is 364 g/mol. The molecule has 146 valence electrons. The third-order valence-corrected chi connectivity index (χ3v) is 6.76. The minimum Gasteiger partial charge on any atom is -0.373 e. The van der Waals surface area contributed by atoms with Gasteiger partial charge in [-0.3, -0.25) is 0 Å². The summed E-state index contributed by atoms with van der Waals surface area (Å²) in [5.41, 5.74) is 5.75. The third kappa shape index (κ3) is 10.1. The normalized spacial score (nSPS) is 13.2. The van der Waals surface area contributed by atoms with Crippen molar-refractivity contribution in [1.29, 1.82) is 0 Å². The van der Waals surface area contributed by atoms with Crippen LogP contribution in [0, 0.1) is 0 Å². The molecule has 0 radical (unpaired) electrons. The van der Waals surface area contributed by atoms with Crippen molar-refractivity contribution in [3.05, 3.63) is 0 Å². The highest BCUT2D eigenvalue weighted by atomic mass is 28.4. The first kappa shape index (κ1) is 24.0. The first-order valence-electron chi connectivity index (χ1n) is 9.20. The van der Waals surface area contributed by atoms with Crippen LogP contribution in [-0.2, 0) is 13.3 Å². The molecule has 0 heterocycles. The van der Waals surface area contributed by atoms with Crippen molar-refractivity contribution in [2.45, 2.75) is 52.1 Å². The van der Waals surface area contributed by atoms with Crippen LogP contribution in [0.25, 0.3) is 0 Å². The Morgan fingerprint density at radius 1 is 0.875 bits per heavy atom. The molecule has 0 aromatic heterocycles. The van der Waals surface area contributed by atoms with Crippen LogP contribution in [0.1, 0.15) is 46.5 Å². The summed E-state index contributed by atoms with van der Waals surface area (Å²) < 4.78 is 18.4. The fourth-order valence-corrected chi connectivity index (χ4v) is 5.20. The summed E-state index contributed by atoms with van der Waals surface area (Å²) >= 11 is 0. The molecule has 0 aromatic carbocycles. The van der Waals surface area contributed by atoms with Crippen LogP contribution in [0.15, 0.2) is 0 Å². The van der Waals surface area contributed by atoms with Crippen molar-refractivity contribution in [3.8, 4) is 0 Å². The second-order valence-electron chi connectivity index (χ2n) is 7.12. The lowest BCUT2D eigenvalue weighted by Gasteiger charge is -2.39. The minimum atomic E-state index is -2.81. The van der Waals surface area contributed by atoms with Crippen molar-refractivity contribution >= 4 is 8.80 Å². The highest BCUT2D eigenvalue weighted by Crippen LogP contribution is 2.29. The molecule has 0 amide bonds. The number of hydrogen-bond donors (Lipinski definition) is 1. The molecule has 0 spiro atoms. The molecular formula is C17H41N3O3Si. The van der Waals surface area contributed by atoms with Crippen molar-refractivity contribution < 1.29 is 13.3 Å². The molecule has 0 atom stereocenters. The summed E-state index contributed by atoms with van der Waals surface area (Å²) in [6.45, 7) is 9.35. The highest BCUT2D eigenvalue weighted by molar-refractivity contribution is 6.61. The van der Waals surface area contributed by atoms with Gasteiger partial charge >= 0.3 is 8.80 Å². The Labute approximate surface area is 151 Å². The van der Waals surface area contributed by atoms with E-state index >= 15 is 0 Å². The quantitative estimate of drug-likeness (QED) is 0.449. The maximum absolute atomic E-state index is 6.55. The Bertz CT molecular complexity index is 297. The van der Waals surface area contributed by atoms with Crippen LogP contribution in [0.4, 0.5) is 0 Å². The van der Waals surface area contributed by atoms with Gasteiger partial charge in [-0.1, -0.05) is 0 Å².